The Kier molecular flexibility index (Phi) is 6.33. The Labute approximate surface area is 198 Å². The molecule has 4 rings (SSSR count). The SMILES string of the molecule is CCN1C(=O)/C(=C\c2ccc(-c3ccc(C)cc3[N+](=O)[O-])o2)SC1=Nc1ccc(C(=O)O)cc1. The van der Waals surface area contributed by atoms with Crippen LogP contribution in [-0.2, 0) is 4.79 Å². The molecule has 2 heterocycles. The first kappa shape index (κ1) is 23.0. The van der Waals surface area contributed by atoms with E-state index >= 15 is 0 Å². The van der Waals surface area contributed by atoms with Crippen molar-refractivity contribution < 1.29 is 24.0 Å². The van der Waals surface area contributed by atoms with Crippen LogP contribution in [0.2, 0.25) is 0 Å². The maximum atomic E-state index is 12.9. The van der Waals surface area contributed by atoms with E-state index in [9.17, 15) is 19.7 Å². The van der Waals surface area contributed by atoms with Crippen molar-refractivity contribution in [2.75, 3.05) is 6.54 Å². The molecule has 1 fully saturated rings. The average molecular weight is 477 g/mol. The van der Waals surface area contributed by atoms with Gasteiger partial charge in [0.05, 0.1) is 26.6 Å². The van der Waals surface area contributed by atoms with Gasteiger partial charge in [0, 0.05) is 18.7 Å². The molecule has 1 aliphatic heterocycles. The number of nitro benzene ring substituents is 1. The molecule has 172 valence electrons. The molecule has 1 aromatic heterocycles. The van der Waals surface area contributed by atoms with Gasteiger partial charge in [-0.25, -0.2) is 9.79 Å². The first-order chi connectivity index (χ1) is 16.3. The Hall–Kier alpha value is -4.18. The number of rotatable bonds is 6. The standard InChI is InChI=1S/C24H19N3O6S/c1-3-26-22(28)21(34-24(26)25-16-7-5-15(6-8-16)23(29)30)13-17-9-11-20(33-17)18-10-4-14(2)12-19(18)27(31)32/h4-13H,3H2,1-2H3,(H,29,30)/b21-13+,25-24?. The maximum Gasteiger partial charge on any atom is 0.335 e. The summed E-state index contributed by atoms with van der Waals surface area (Å²) in [5, 5.41) is 20.9. The lowest BCUT2D eigenvalue weighted by Crippen LogP contribution is -2.28. The minimum atomic E-state index is -1.03. The molecule has 2 aromatic carbocycles. The molecule has 34 heavy (non-hydrogen) atoms. The molecule has 1 N–H and O–H groups in total. The summed E-state index contributed by atoms with van der Waals surface area (Å²) in [7, 11) is 0. The summed E-state index contributed by atoms with van der Waals surface area (Å²) in [5.74, 6) is -0.566. The van der Waals surface area contributed by atoms with Crippen LogP contribution >= 0.6 is 11.8 Å². The van der Waals surface area contributed by atoms with Crippen LogP contribution in [0, 0.1) is 17.0 Å². The van der Waals surface area contributed by atoms with E-state index in [2.05, 4.69) is 4.99 Å². The summed E-state index contributed by atoms with van der Waals surface area (Å²) in [4.78, 5) is 41.3. The van der Waals surface area contributed by atoms with Crippen molar-refractivity contribution in [2.24, 2.45) is 4.99 Å². The highest BCUT2D eigenvalue weighted by Gasteiger charge is 2.32. The van der Waals surface area contributed by atoms with E-state index < -0.39 is 10.9 Å². The van der Waals surface area contributed by atoms with Gasteiger partial charge in [-0.15, -0.1) is 0 Å². The molecule has 1 saturated heterocycles. The smallest absolute Gasteiger partial charge is 0.335 e. The van der Waals surface area contributed by atoms with E-state index in [1.165, 1.54) is 34.9 Å². The number of carbonyl (C=O) groups excluding carboxylic acids is 1. The zero-order valence-corrected chi connectivity index (χ0v) is 19.0. The largest absolute Gasteiger partial charge is 0.478 e. The van der Waals surface area contributed by atoms with Gasteiger partial charge in [-0.1, -0.05) is 6.07 Å². The van der Waals surface area contributed by atoms with Gasteiger partial charge in [0.25, 0.3) is 11.6 Å². The third-order valence-electron chi connectivity index (χ3n) is 5.06. The Morgan fingerprint density at radius 1 is 1.21 bits per heavy atom. The summed E-state index contributed by atoms with van der Waals surface area (Å²) in [6, 6.07) is 14.2. The van der Waals surface area contributed by atoms with Gasteiger partial charge in [-0.05, 0) is 73.6 Å². The number of benzene rings is 2. The monoisotopic (exact) mass is 477 g/mol. The van der Waals surface area contributed by atoms with Gasteiger partial charge < -0.3 is 9.52 Å². The maximum absolute atomic E-state index is 12.9. The number of aryl methyl sites for hydroxylation is 1. The summed E-state index contributed by atoms with van der Waals surface area (Å²) < 4.78 is 5.81. The molecule has 1 amide bonds. The number of hydrogen-bond acceptors (Lipinski definition) is 7. The molecule has 0 aliphatic carbocycles. The average Bonchev–Trinajstić information content (AvgIpc) is 3.38. The van der Waals surface area contributed by atoms with Crippen molar-refractivity contribution in [3.8, 4) is 11.3 Å². The summed E-state index contributed by atoms with van der Waals surface area (Å²) in [6.45, 7) is 4.00. The fraction of sp³-hybridized carbons (Fsp3) is 0.125. The van der Waals surface area contributed by atoms with Crippen LogP contribution in [0.15, 0.2) is 68.9 Å². The predicted molar refractivity (Wildman–Crippen MR) is 129 cm³/mol. The number of hydrogen-bond donors (Lipinski definition) is 1. The highest BCUT2D eigenvalue weighted by Crippen LogP contribution is 2.36. The molecule has 0 radical (unpaired) electrons. The number of carboxylic acid groups (broad SMARTS) is 1. The number of furan rings is 1. The lowest BCUT2D eigenvalue weighted by molar-refractivity contribution is -0.384. The lowest BCUT2D eigenvalue weighted by atomic mass is 10.1. The van der Waals surface area contributed by atoms with E-state index in [1.807, 2.05) is 6.92 Å². The minimum Gasteiger partial charge on any atom is -0.478 e. The van der Waals surface area contributed by atoms with Gasteiger partial charge in [0.2, 0.25) is 0 Å². The second-order valence-electron chi connectivity index (χ2n) is 7.39. The fourth-order valence-corrected chi connectivity index (χ4v) is 4.41. The quantitative estimate of drug-likeness (QED) is 0.283. The van der Waals surface area contributed by atoms with Crippen LogP contribution in [0.1, 0.15) is 28.6 Å². The molecule has 10 heteroatoms. The number of amidine groups is 1. The molecule has 0 saturated carbocycles. The topological polar surface area (TPSA) is 126 Å². The summed E-state index contributed by atoms with van der Waals surface area (Å²) in [5.41, 5.74) is 1.73. The van der Waals surface area contributed by atoms with E-state index in [4.69, 9.17) is 9.52 Å². The Morgan fingerprint density at radius 2 is 1.94 bits per heavy atom. The van der Waals surface area contributed by atoms with E-state index in [-0.39, 0.29) is 17.2 Å². The predicted octanol–water partition coefficient (Wildman–Crippen LogP) is 5.49. The second-order valence-corrected chi connectivity index (χ2v) is 8.40. The van der Waals surface area contributed by atoms with Crippen molar-refractivity contribution in [1.29, 1.82) is 0 Å². The number of carboxylic acids is 1. The number of nitrogens with zero attached hydrogens (tertiary/aromatic N) is 3. The van der Waals surface area contributed by atoms with Crippen molar-refractivity contribution >= 4 is 46.3 Å². The Bertz CT molecular complexity index is 1360. The van der Waals surface area contributed by atoms with Crippen molar-refractivity contribution in [1.82, 2.24) is 4.90 Å². The molecule has 1 aliphatic rings. The van der Waals surface area contributed by atoms with Crippen molar-refractivity contribution in [3.05, 3.63) is 86.5 Å². The summed E-state index contributed by atoms with van der Waals surface area (Å²) >= 11 is 1.17. The first-order valence-electron chi connectivity index (χ1n) is 10.3. The van der Waals surface area contributed by atoms with Crippen molar-refractivity contribution in [2.45, 2.75) is 13.8 Å². The lowest BCUT2D eigenvalue weighted by Gasteiger charge is -2.11. The van der Waals surface area contributed by atoms with E-state index in [1.54, 1.807) is 49.4 Å². The van der Waals surface area contributed by atoms with Crippen LogP contribution in [-0.4, -0.2) is 38.5 Å². The number of likely N-dealkylation sites (N-methyl/N-ethyl adjacent to an activating group) is 1. The molecular formula is C24H19N3O6S. The Balaban J connectivity index is 1.62. The second kappa shape index (κ2) is 9.36. The highest BCUT2D eigenvalue weighted by molar-refractivity contribution is 8.18. The molecule has 0 spiro atoms. The van der Waals surface area contributed by atoms with Gasteiger partial charge in [0.15, 0.2) is 5.17 Å². The molecule has 3 aromatic rings. The number of thioether (sulfide) groups is 1. The molecular weight excluding hydrogens is 458 g/mol. The molecule has 0 unspecified atom stereocenters. The molecule has 0 bridgehead atoms. The number of carbonyl (C=O) groups is 2. The van der Waals surface area contributed by atoms with Crippen molar-refractivity contribution in [3.63, 3.8) is 0 Å². The van der Waals surface area contributed by atoms with Crippen LogP contribution in [0.5, 0.6) is 0 Å². The van der Waals surface area contributed by atoms with Gasteiger partial charge in [-0.2, -0.15) is 0 Å². The molecule has 0 atom stereocenters. The minimum absolute atomic E-state index is 0.0552. The third-order valence-corrected chi connectivity index (χ3v) is 6.07. The zero-order chi connectivity index (χ0) is 24.4. The van der Waals surface area contributed by atoms with E-state index in [0.717, 1.165) is 5.56 Å². The fourth-order valence-electron chi connectivity index (χ4n) is 3.36. The number of aliphatic imine (C=N–C) groups is 1. The molecule has 9 nitrogen and oxygen atoms in total. The van der Waals surface area contributed by atoms with Crippen LogP contribution in [0.3, 0.4) is 0 Å². The van der Waals surface area contributed by atoms with Gasteiger partial charge in [-0.3, -0.25) is 19.8 Å². The Morgan fingerprint density at radius 3 is 2.59 bits per heavy atom. The zero-order valence-electron chi connectivity index (χ0n) is 18.2. The van der Waals surface area contributed by atoms with Crippen LogP contribution in [0.25, 0.3) is 17.4 Å². The van der Waals surface area contributed by atoms with Crippen LogP contribution < -0.4 is 0 Å². The number of nitro groups is 1. The van der Waals surface area contributed by atoms with Gasteiger partial charge >= 0.3 is 5.97 Å². The summed E-state index contributed by atoms with van der Waals surface area (Å²) in [6.07, 6.45) is 1.58. The number of aromatic carboxylic acids is 1. The van der Waals surface area contributed by atoms with E-state index in [0.29, 0.717) is 39.4 Å². The van der Waals surface area contributed by atoms with Gasteiger partial charge in [0.1, 0.15) is 11.5 Å². The van der Waals surface area contributed by atoms with Crippen LogP contribution in [0.4, 0.5) is 11.4 Å². The normalized spacial score (nSPS) is 15.9. The number of amides is 1. The first-order valence-corrected chi connectivity index (χ1v) is 11.1. The third kappa shape index (κ3) is 4.62. The highest BCUT2D eigenvalue weighted by atomic mass is 32.2.